The van der Waals surface area contributed by atoms with E-state index in [1.807, 2.05) is 6.92 Å². The molecule has 2 atom stereocenters. The fraction of sp³-hybridized carbons (Fsp3) is 0.375. The van der Waals surface area contributed by atoms with Crippen molar-refractivity contribution in [1.29, 1.82) is 0 Å². The van der Waals surface area contributed by atoms with Gasteiger partial charge in [-0.05, 0) is 75.5 Å². The van der Waals surface area contributed by atoms with Gasteiger partial charge in [0.05, 0.1) is 17.3 Å². The van der Waals surface area contributed by atoms with Crippen molar-refractivity contribution in [1.82, 2.24) is 10.1 Å². The van der Waals surface area contributed by atoms with E-state index in [0.29, 0.717) is 34.4 Å². The van der Waals surface area contributed by atoms with Crippen LogP contribution in [0.5, 0.6) is 5.75 Å². The third-order valence-electron chi connectivity index (χ3n) is 6.25. The number of likely N-dealkylation sites (tertiary alicyclic amines) is 1. The topological polar surface area (TPSA) is 38.5 Å². The molecule has 4 nitrogen and oxygen atoms in total. The summed E-state index contributed by atoms with van der Waals surface area (Å²) >= 11 is 0. The van der Waals surface area contributed by atoms with E-state index in [2.05, 4.69) is 34.3 Å². The van der Waals surface area contributed by atoms with E-state index in [1.165, 1.54) is 30.0 Å². The number of aryl methyl sites for hydroxylation is 2. The molecule has 5 rings (SSSR count). The minimum Gasteiger partial charge on any atom is -0.484 e. The molecular formula is C24H25FN2O2. The number of fused-ring (bicyclic) bond motifs is 1. The zero-order valence-corrected chi connectivity index (χ0v) is 16.8. The minimum atomic E-state index is -0.297. The molecule has 0 saturated carbocycles. The summed E-state index contributed by atoms with van der Waals surface area (Å²) in [6.07, 6.45) is 3.43. The lowest BCUT2D eigenvalue weighted by Crippen LogP contribution is -2.38. The lowest BCUT2D eigenvalue weighted by Gasteiger charge is -2.30. The van der Waals surface area contributed by atoms with Gasteiger partial charge in [0.15, 0.2) is 0 Å². The van der Waals surface area contributed by atoms with Crippen LogP contribution in [0.15, 0.2) is 47.0 Å². The summed E-state index contributed by atoms with van der Waals surface area (Å²) in [5.41, 5.74) is 4.45. The van der Waals surface area contributed by atoms with Crippen LogP contribution < -0.4 is 4.74 Å². The summed E-state index contributed by atoms with van der Waals surface area (Å²) in [5, 5.41) is 3.97. The Kier molecular flexibility index (Phi) is 4.63. The van der Waals surface area contributed by atoms with Crippen molar-refractivity contribution >= 4 is 0 Å². The Morgan fingerprint density at radius 1 is 1.10 bits per heavy atom. The second kappa shape index (κ2) is 7.30. The number of benzene rings is 2. The number of hydrogen-bond acceptors (Lipinski definition) is 4. The standard InChI is InChI=1S/C24H25FN2O2/c1-15-23(16(2)29-26-15)20-14-18(9-10-21(20)25)28-24-19-8-4-3-7-17(19)13-22(24)27-11-5-6-12-27/h3-4,7-10,14,22,24H,5-6,11-13H2,1-2H3. The summed E-state index contributed by atoms with van der Waals surface area (Å²) in [5.74, 6) is 0.988. The van der Waals surface area contributed by atoms with Crippen LogP contribution in [0.1, 0.15) is 41.5 Å². The molecule has 2 aromatic carbocycles. The average molecular weight is 392 g/mol. The van der Waals surface area contributed by atoms with E-state index < -0.39 is 0 Å². The molecule has 1 aliphatic carbocycles. The van der Waals surface area contributed by atoms with Crippen LogP contribution in [-0.4, -0.2) is 29.2 Å². The van der Waals surface area contributed by atoms with Gasteiger partial charge in [-0.1, -0.05) is 29.4 Å². The van der Waals surface area contributed by atoms with Crippen molar-refractivity contribution in [2.75, 3.05) is 13.1 Å². The van der Waals surface area contributed by atoms with E-state index in [4.69, 9.17) is 9.26 Å². The highest BCUT2D eigenvalue weighted by Crippen LogP contribution is 2.40. The highest BCUT2D eigenvalue weighted by atomic mass is 19.1. The first-order chi connectivity index (χ1) is 14.1. The monoisotopic (exact) mass is 392 g/mol. The van der Waals surface area contributed by atoms with Crippen molar-refractivity contribution in [2.45, 2.75) is 45.3 Å². The maximum atomic E-state index is 14.6. The van der Waals surface area contributed by atoms with Gasteiger partial charge in [-0.3, -0.25) is 4.90 Å². The summed E-state index contributed by atoms with van der Waals surface area (Å²) in [7, 11) is 0. The second-order valence-electron chi connectivity index (χ2n) is 8.09. The van der Waals surface area contributed by atoms with Crippen LogP contribution in [0.2, 0.25) is 0 Å². The summed E-state index contributed by atoms with van der Waals surface area (Å²) in [4.78, 5) is 2.55. The maximum absolute atomic E-state index is 14.6. The molecular weight excluding hydrogens is 367 g/mol. The van der Waals surface area contributed by atoms with Crippen molar-refractivity contribution < 1.29 is 13.7 Å². The molecule has 2 unspecified atom stereocenters. The van der Waals surface area contributed by atoms with Crippen LogP contribution >= 0.6 is 0 Å². The van der Waals surface area contributed by atoms with Crippen LogP contribution in [0.4, 0.5) is 4.39 Å². The fourth-order valence-electron chi connectivity index (χ4n) is 4.86. The highest BCUT2D eigenvalue weighted by Gasteiger charge is 2.38. The summed E-state index contributed by atoms with van der Waals surface area (Å²) in [6, 6.07) is 13.8. The second-order valence-corrected chi connectivity index (χ2v) is 8.09. The zero-order valence-electron chi connectivity index (χ0n) is 16.8. The van der Waals surface area contributed by atoms with Gasteiger partial charge in [-0.25, -0.2) is 4.39 Å². The number of rotatable bonds is 4. The van der Waals surface area contributed by atoms with Gasteiger partial charge in [-0.2, -0.15) is 0 Å². The largest absolute Gasteiger partial charge is 0.484 e. The van der Waals surface area contributed by atoms with Gasteiger partial charge in [0, 0.05) is 5.56 Å². The summed E-state index contributed by atoms with van der Waals surface area (Å²) < 4.78 is 26.4. The van der Waals surface area contributed by atoms with E-state index in [1.54, 1.807) is 19.1 Å². The quantitative estimate of drug-likeness (QED) is 0.609. The molecule has 2 aliphatic rings. The average Bonchev–Trinajstić information content (AvgIpc) is 3.44. The Morgan fingerprint density at radius 2 is 1.90 bits per heavy atom. The van der Waals surface area contributed by atoms with Crippen molar-refractivity contribution in [3.05, 3.63) is 70.9 Å². The van der Waals surface area contributed by atoms with Crippen molar-refractivity contribution in [3.63, 3.8) is 0 Å². The normalized spacial score (nSPS) is 21.5. The molecule has 0 spiro atoms. The molecule has 1 aliphatic heterocycles. The minimum absolute atomic E-state index is 0.0488. The summed E-state index contributed by atoms with van der Waals surface area (Å²) in [6.45, 7) is 5.87. The lowest BCUT2D eigenvalue weighted by atomic mass is 10.0. The van der Waals surface area contributed by atoms with Crippen LogP contribution in [0.25, 0.3) is 11.1 Å². The van der Waals surface area contributed by atoms with Crippen molar-refractivity contribution in [2.24, 2.45) is 0 Å². The van der Waals surface area contributed by atoms with Gasteiger partial charge in [0.2, 0.25) is 0 Å². The van der Waals surface area contributed by atoms with Gasteiger partial charge < -0.3 is 9.26 Å². The number of halogens is 1. The first kappa shape index (κ1) is 18.4. The van der Waals surface area contributed by atoms with Gasteiger partial charge in [0.1, 0.15) is 23.4 Å². The first-order valence-electron chi connectivity index (χ1n) is 10.3. The predicted octanol–water partition coefficient (Wildman–Crippen LogP) is 5.24. The predicted molar refractivity (Wildman–Crippen MR) is 109 cm³/mol. The molecule has 3 aromatic rings. The van der Waals surface area contributed by atoms with Crippen LogP contribution in [0, 0.1) is 19.7 Å². The molecule has 2 heterocycles. The lowest BCUT2D eigenvalue weighted by molar-refractivity contribution is 0.0941. The van der Waals surface area contributed by atoms with Crippen LogP contribution in [0.3, 0.4) is 0 Å². The van der Waals surface area contributed by atoms with E-state index in [9.17, 15) is 4.39 Å². The Morgan fingerprint density at radius 3 is 2.66 bits per heavy atom. The molecule has 5 heteroatoms. The van der Waals surface area contributed by atoms with E-state index in [-0.39, 0.29) is 11.9 Å². The number of aromatic nitrogens is 1. The van der Waals surface area contributed by atoms with Gasteiger partial charge in [-0.15, -0.1) is 0 Å². The zero-order chi connectivity index (χ0) is 20.0. The van der Waals surface area contributed by atoms with E-state index >= 15 is 0 Å². The molecule has 0 amide bonds. The van der Waals surface area contributed by atoms with Gasteiger partial charge in [0.25, 0.3) is 0 Å². The molecule has 1 aromatic heterocycles. The maximum Gasteiger partial charge on any atom is 0.141 e. The van der Waals surface area contributed by atoms with E-state index in [0.717, 1.165) is 19.5 Å². The third kappa shape index (κ3) is 3.23. The Balaban J connectivity index is 1.50. The SMILES string of the molecule is Cc1noc(C)c1-c1cc(OC2c3ccccc3CC2N2CCCC2)ccc1F. The Hall–Kier alpha value is -2.66. The van der Waals surface area contributed by atoms with Crippen LogP contribution in [-0.2, 0) is 6.42 Å². The molecule has 0 N–H and O–H groups in total. The number of nitrogens with zero attached hydrogens (tertiary/aromatic N) is 2. The Bertz CT molecular complexity index is 1020. The molecule has 150 valence electrons. The Labute approximate surface area is 170 Å². The fourth-order valence-corrected chi connectivity index (χ4v) is 4.86. The number of hydrogen-bond donors (Lipinski definition) is 0. The number of ether oxygens (including phenoxy) is 1. The molecule has 1 saturated heterocycles. The molecule has 0 radical (unpaired) electrons. The smallest absolute Gasteiger partial charge is 0.141 e. The third-order valence-corrected chi connectivity index (χ3v) is 6.25. The molecule has 1 fully saturated rings. The van der Waals surface area contributed by atoms with Gasteiger partial charge >= 0.3 is 0 Å². The molecule has 29 heavy (non-hydrogen) atoms. The van der Waals surface area contributed by atoms with Crippen molar-refractivity contribution in [3.8, 4) is 16.9 Å². The first-order valence-corrected chi connectivity index (χ1v) is 10.3. The molecule has 0 bridgehead atoms. The highest BCUT2D eigenvalue weighted by molar-refractivity contribution is 5.69.